The van der Waals surface area contributed by atoms with Crippen LogP contribution in [0.2, 0.25) is 0 Å². The smallest absolute Gasteiger partial charge is 0.275 e. The summed E-state index contributed by atoms with van der Waals surface area (Å²) in [6.07, 6.45) is 1.10. The molecule has 12 N–H and O–H groups in total. The Balaban J connectivity index is 0.00000443. The largest absolute Gasteiger partial charge is 0.366 e. The highest BCUT2D eigenvalue weighted by atomic mass is 19.1. The topological polar surface area (TPSA) is 218 Å². The van der Waals surface area contributed by atoms with E-state index < -0.39 is 54.5 Å². The molecule has 7 atom stereocenters. The molecule has 0 radical (unpaired) electrons. The first kappa shape index (κ1) is 42.2. The Labute approximate surface area is 262 Å². The van der Waals surface area contributed by atoms with Crippen molar-refractivity contribution in [3.8, 4) is 0 Å². The van der Waals surface area contributed by atoms with E-state index >= 15 is 0 Å². The average molecular weight is 634 g/mol. The van der Waals surface area contributed by atoms with Crippen molar-refractivity contribution in [2.24, 2.45) is 29.4 Å². The highest BCUT2D eigenvalue weighted by Gasteiger charge is 2.56. The number of likely N-dealkylation sites (tertiary alicyclic amines) is 1. The number of nitrogens with zero attached hydrogens (tertiary/aromatic N) is 1. The predicted octanol–water partition coefficient (Wildman–Crippen LogP) is 1.03. The summed E-state index contributed by atoms with van der Waals surface area (Å²) in [6, 6.07) is 8.15. The number of carbonyl (C=O) groups excluding carboxylic acids is 1. The minimum absolute atomic E-state index is 0.00305. The zero-order valence-electron chi connectivity index (χ0n) is 27.6. The van der Waals surface area contributed by atoms with Gasteiger partial charge in [0.1, 0.15) is 0 Å². The van der Waals surface area contributed by atoms with Gasteiger partial charge in [0, 0.05) is 42.8 Å². The number of halogens is 1. The number of benzene rings is 1. The molecule has 1 aromatic carbocycles. The van der Waals surface area contributed by atoms with Gasteiger partial charge in [-0.25, -0.2) is 0 Å². The fourth-order valence-electron chi connectivity index (χ4n) is 6.06. The lowest BCUT2D eigenvalue weighted by Crippen LogP contribution is -2.68. The monoisotopic (exact) mass is 633 g/mol. The van der Waals surface area contributed by atoms with Gasteiger partial charge in [0.25, 0.3) is 5.97 Å². The summed E-state index contributed by atoms with van der Waals surface area (Å²) < 4.78 is 12.8. The number of aliphatic hydroxyl groups is 6. The number of amides is 1. The van der Waals surface area contributed by atoms with E-state index in [0.717, 1.165) is 12.5 Å². The summed E-state index contributed by atoms with van der Waals surface area (Å²) in [6.45, 7) is 10.0. The molecular formula is C31H60FN5O7. The molecule has 0 aliphatic carbocycles. The summed E-state index contributed by atoms with van der Waals surface area (Å²) in [5.74, 6) is -2.37. The van der Waals surface area contributed by atoms with Gasteiger partial charge < -0.3 is 41.3 Å². The number of aryl methyl sites for hydroxylation is 1. The van der Waals surface area contributed by atoms with Crippen LogP contribution in [0.5, 0.6) is 0 Å². The van der Waals surface area contributed by atoms with Crippen molar-refractivity contribution in [2.75, 3.05) is 13.7 Å². The van der Waals surface area contributed by atoms with Gasteiger partial charge in [0.15, 0.2) is 11.6 Å². The Morgan fingerprint density at radius 3 is 2.14 bits per heavy atom. The molecule has 0 aromatic heterocycles. The van der Waals surface area contributed by atoms with Crippen LogP contribution in [0.25, 0.3) is 0 Å². The number of hydrogen-bond donors (Lipinski definition) is 10. The molecule has 0 saturated carbocycles. The van der Waals surface area contributed by atoms with Gasteiger partial charge in [-0.15, -0.1) is 0 Å². The van der Waals surface area contributed by atoms with E-state index in [0.29, 0.717) is 19.3 Å². The molecule has 258 valence electrons. The minimum Gasteiger partial charge on any atom is -0.366 e. The van der Waals surface area contributed by atoms with Crippen LogP contribution in [-0.2, 0) is 11.2 Å². The summed E-state index contributed by atoms with van der Waals surface area (Å²) in [5.41, 5.74) is 0.912. The van der Waals surface area contributed by atoms with E-state index in [1.54, 1.807) is 18.9 Å². The van der Waals surface area contributed by atoms with Gasteiger partial charge in [-0.1, -0.05) is 58.0 Å². The van der Waals surface area contributed by atoms with Gasteiger partial charge in [0.2, 0.25) is 5.91 Å². The molecule has 1 heterocycles. The summed E-state index contributed by atoms with van der Waals surface area (Å²) in [7, 11) is 1.81. The van der Waals surface area contributed by atoms with Crippen molar-refractivity contribution in [3.63, 3.8) is 0 Å². The lowest BCUT2D eigenvalue weighted by molar-refractivity contribution is -0.340. The average Bonchev–Trinajstić information content (AvgIpc) is 3.30. The Bertz CT molecular complexity index is 919. The first-order valence-corrected chi connectivity index (χ1v) is 15.6. The second-order valence-corrected chi connectivity index (χ2v) is 11.9. The van der Waals surface area contributed by atoms with E-state index in [1.807, 2.05) is 58.0 Å². The molecule has 2 rings (SSSR count). The third-order valence-corrected chi connectivity index (χ3v) is 8.24. The molecular weight excluding hydrogens is 573 g/mol. The molecule has 7 unspecified atom stereocenters. The second kappa shape index (κ2) is 19.7. The van der Waals surface area contributed by atoms with E-state index in [-0.39, 0.29) is 37.3 Å². The number of hydrogen-bond acceptors (Lipinski definition) is 11. The van der Waals surface area contributed by atoms with Crippen molar-refractivity contribution in [3.05, 3.63) is 35.9 Å². The van der Waals surface area contributed by atoms with Crippen LogP contribution in [0.3, 0.4) is 0 Å². The van der Waals surface area contributed by atoms with Crippen LogP contribution < -0.4 is 22.3 Å². The molecule has 1 fully saturated rings. The van der Waals surface area contributed by atoms with Gasteiger partial charge in [-0.05, 0) is 64.5 Å². The van der Waals surface area contributed by atoms with Crippen molar-refractivity contribution in [1.29, 1.82) is 0 Å². The predicted molar refractivity (Wildman–Crippen MR) is 169 cm³/mol. The van der Waals surface area contributed by atoms with Crippen molar-refractivity contribution >= 4 is 5.91 Å². The van der Waals surface area contributed by atoms with E-state index in [2.05, 4.69) is 22.3 Å². The normalized spacial score (nSPS) is 22.4. The van der Waals surface area contributed by atoms with Crippen LogP contribution in [-0.4, -0.2) is 90.9 Å². The molecule has 13 heteroatoms. The second-order valence-electron chi connectivity index (χ2n) is 11.9. The van der Waals surface area contributed by atoms with Crippen LogP contribution in [0.1, 0.15) is 85.6 Å². The molecule has 1 aliphatic heterocycles. The van der Waals surface area contributed by atoms with Crippen molar-refractivity contribution in [1.82, 2.24) is 15.5 Å². The Hall–Kier alpha value is -1.78. The molecule has 1 aromatic rings. The number of alkyl halides is 1. The van der Waals surface area contributed by atoms with Crippen LogP contribution in [0, 0.1) is 17.8 Å². The van der Waals surface area contributed by atoms with Gasteiger partial charge >= 0.3 is 0 Å². The molecule has 44 heavy (non-hydrogen) atoms. The maximum Gasteiger partial charge on any atom is 0.275 e. The zero-order chi connectivity index (χ0) is 34.3. The molecule has 1 aliphatic rings. The number of nitrogens with two attached hydrogens (primary N) is 2. The summed E-state index contributed by atoms with van der Waals surface area (Å²) >= 11 is 0. The molecule has 0 bridgehead atoms. The number of rotatable bonds is 16. The van der Waals surface area contributed by atoms with E-state index in [9.17, 15) is 39.8 Å². The molecule has 1 saturated heterocycles. The molecule has 0 spiro atoms. The minimum atomic E-state index is -3.20. The Morgan fingerprint density at radius 1 is 1.09 bits per heavy atom. The van der Waals surface area contributed by atoms with E-state index in [4.69, 9.17) is 0 Å². The maximum atomic E-state index is 13.4. The standard InChI is InChI=1S/C29H50FN3O7.C2H6.H4N2/c1-19(10-9-15-30)26(34)32-28(37,14-13-22-11-7-6-8-12-22)33-23(17-21(3)31-5)16-20(2)25(33)24(27(4,35)36)18-29(38,39)40;2*1-2/h6-8,11-12,19-21,23-25,31,35-40H,9-10,13-18H2,1-5H3,(H,32,34);1-2H3;1-2H2. The maximum absolute atomic E-state index is 13.4. The first-order chi connectivity index (χ1) is 20.5. The SMILES string of the molecule is CC.CNC(C)CC1CC(C)C(C(CC(O)(O)O)C(C)(O)O)N1C(O)(CCc1ccccc1)NC(=O)C(C)CCCF.NN. The van der Waals surface area contributed by atoms with Crippen molar-refractivity contribution < 1.29 is 39.8 Å². The van der Waals surface area contributed by atoms with Crippen molar-refractivity contribution in [2.45, 2.75) is 122 Å². The fourth-order valence-corrected chi connectivity index (χ4v) is 6.06. The number of hydrazine groups is 1. The lowest BCUT2D eigenvalue weighted by atomic mass is 9.81. The summed E-state index contributed by atoms with van der Waals surface area (Å²) in [5, 5.41) is 69.6. The third kappa shape index (κ3) is 13.3. The summed E-state index contributed by atoms with van der Waals surface area (Å²) in [4.78, 5) is 15.0. The molecule has 1 amide bonds. The van der Waals surface area contributed by atoms with Crippen LogP contribution in [0.15, 0.2) is 30.3 Å². The first-order valence-electron chi connectivity index (χ1n) is 15.6. The Morgan fingerprint density at radius 2 is 1.66 bits per heavy atom. The van der Waals surface area contributed by atoms with Gasteiger partial charge in [0.05, 0.1) is 6.67 Å². The van der Waals surface area contributed by atoms with Crippen LogP contribution >= 0.6 is 0 Å². The van der Waals surface area contributed by atoms with E-state index in [1.165, 1.54) is 0 Å². The number of carbonyl (C=O) groups is 1. The zero-order valence-corrected chi connectivity index (χ0v) is 27.6. The highest BCUT2D eigenvalue weighted by Crippen LogP contribution is 2.45. The quantitative estimate of drug-likeness (QED) is 0.0704. The van der Waals surface area contributed by atoms with Gasteiger partial charge in [-0.2, -0.15) is 0 Å². The Kier molecular flexibility index (Phi) is 18.9. The number of nitrogens with one attached hydrogen (secondary N) is 2. The van der Waals surface area contributed by atoms with Gasteiger partial charge in [-0.3, -0.25) is 25.8 Å². The highest BCUT2D eigenvalue weighted by molar-refractivity contribution is 5.78. The fraction of sp³-hybridized carbons (Fsp3) is 0.774. The molecule has 12 nitrogen and oxygen atoms in total. The van der Waals surface area contributed by atoms with Crippen LogP contribution in [0.4, 0.5) is 4.39 Å². The lowest BCUT2D eigenvalue weighted by Gasteiger charge is -2.49. The third-order valence-electron chi connectivity index (χ3n) is 8.24.